The molecule has 0 saturated heterocycles. The Labute approximate surface area is 324 Å². The van der Waals surface area contributed by atoms with Crippen LogP contribution in [0.3, 0.4) is 0 Å². The Morgan fingerprint density at radius 3 is 1.75 bits per heavy atom. The molecule has 0 unspecified atom stereocenters. The van der Waals surface area contributed by atoms with E-state index in [1.165, 1.54) is 32.3 Å². The van der Waals surface area contributed by atoms with Crippen molar-refractivity contribution < 1.29 is 0 Å². The fourth-order valence-electron chi connectivity index (χ4n) is 8.35. The minimum absolute atomic E-state index is 0.711. The lowest BCUT2D eigenvalue weighted by atomic mass is 9.98. The largest absolute Gasteiger partial charge is 0.310 e. The molecule has 56 heavy (non-hydrogen) atoms. The van der Waals surface area contributed by atoms with Crippen LogP contribution < -0.4 is 4.90 Å². The van der Waals surface area contributed by atoms with Crippen molar-refractivity contribution in [2.45, 2.75) is 0 Å². The number of anilines is 3. The van der Waals surface area contributed by atoms with E-state index in [1.807, 2.05) is 24.3 Å². The van der Waals surface area contributed by atoms with Gasteiger partial charge in [0.2, 0.25) is 0 Å². The van der Waals surface area contributed by atoms with Crippen LogP contribution in [0.15, 0.2) is 206 Å². The molecule has 0 atom stereocenters. The molecule has 2 aromatic heterocycles. The first-order chi connectivity index (χ1) is 27.8. The Hall–Kier alpha value is -7.56. The second-order valence-electron chi connectivity index (χ2n) is 14.2. The summed E-state index contributed by atoms with van der Waals surface area (Å²) in [7, 11) is 0. The molecule has 11 aromatic rings. The van der Waals surface area contributed by atoms with Crippen LogP contribution in [0.4, 0.5) is 17.1 Å². The van der Waals surface area contributed by atoms with Gasteiger partial charge < -0.3 is 4.90 Å². The summed E-state index contributed by atoms with van der Waals surface area (Å²) in [5.74, 6) is 1.59. The van der Waals surface area contributed by atoms with Gasteiger partial charge >= 0.3 is 0 Å². The van der Waals surface area contributed by atoms with Gasteiger partial charge in [-0.25, -0.2) is 9.97 Å². The third-order valence-corrected chi connectivity index (χ3v) is 11.0. The number of para-hydroxylation sites is 3. The summed E-state index contributed by atoms with van der Waals surface area (Å²) >= 11 is 0. The number of hydrogen-bond acceptors (Lipinski definition) is 3. The van der Waals surface area contributed by atoms with Crippen LogP contribution in [-0.2, 0) is 0 Å². The van der Waals surface area contributed by atoms with Crippen molar-refractivity contribution in [2.24, 2.45) is 0 Å². The van der Waals surface area contributed by atoms with Gasteiger partial charge in [-0.2, -0.15) is 0 Å². The van der Waals surface area contributed by atoms with E-state index in [0.29, 0.717) is 5.82 Å². The van der Waals surface area contributed by atoms with E-state index in [2.05, 4.69) is 191 Å². The zero-order valence-electron chi connectivity index (χ0n) is 30.4. The van der Waals surface area contributed by atoms with Crippen molar-refractivity contribution >= 4 is 71.3 Å². The molecule has 0 aliphatic rings. The topological polar surface area (TPSA) is 34.0 Å². The molecule has 0 aliphatic heterocycles. The second kappa shape index (κ2) is 13.1. The second-order valence-corrected chi connectivity index (χ2v) is 14.2. The smallest absolute Gasteiger partial charge is 0.162 e. The molecule has 9 aromatic carbocycles. The Bertz CT molecular complexity index is 3240. The molecule has 0 fully saturated rings. The molecule has 262 valence electrons. The first kappa shape index (κ1) is 31.9. The molecular weight excluding hydrogens is 681 g/mol. The van der Waals surface area contributed by atoms with E-state index in [9.17, 15) is 0 Å². The maximum absolute atomic E-state index is 5.25. The lowest BCUT2D eigenvalue weighted by Crippen LogP contribution is -2.10. The normalized spacial score (nSPS) is 11.6. The van der Waals surface area contributed by atoms with Crippen molar-refractivity contribution in [2.75, 3.05) is 4.90 Å². The highest BCUT2D eigenvalue weighted by Gasteiger charge is 2.20. The Kier molecular flexibility index (Phi) is 7.46. The Balaban J connectivity index is 1.05. The van der Waals surface area contributed by atoms with Gasteiger partial charge in [-0.15, -0.1) is 0 Å². The summed E-state index contributed by atoms with van der Waals surface area (Å²) in [4.78, 5) is 12.6. The minimum atomic E-state index is 0.711. The minimum Gasteiger partial charge on any atom is -0.310 e. The molecule has 0 amide bonds. The SMILES string of the molecule is c1ccc(-c2nc(-n3c4ccccc4c4cc(-c5ccc(N(c6ccccc6)c6cc7ccccc7c7ccccc67)cc5)ccc43)c3ccccc3n2)cc1. The van der Waals surface area contributed by atoms with Crippen molar-refractivity contribution in [3.63, 3.8) is 0 Å². The van der Waals surface area contributed by atoms with Crippen LogP contribution in [-0.4, -0.2) is 14.5 Å². The van der Waals surface area contributed by atoms with Gasteiger partial charge in [-0.05, 0) is 87.9 Å². The molecule has 0 saturated carbocycles. The van der Waals surface area contributed by atoms with E-state index in [0.717, 1.165) is 61.5 Å². The zero-order chi connectivity index (χ0) is 37.0. The van der Waals surface area contributed by atoms with Gasteiger partial charge in [-0.3, -0.25) is 4.57 Å². The van der Waals surface area contributed by atoms with Crippen molar-refractivity contribution in [3.05, 3.63) is 206 Å². The number of nitrogens with zero attached hydrogens (tertiary/aromatic N) is 4. The Morgan fingerprint density at radius 2 is 0.946 bits per heavy atom. The maximum Gasteiger partial charge on any atom is 0.162 e. The summed E-state index contributed by atoms with van der Waals surface area (Å²) in [5, 5.41) is 8.32. The van der Waals surface area contributed by atoms with Crippen LogP contribution in [0.1, 0.15) is 0 Å². The van der Waals surface area contributed by atoms with E-state index >= 15 is 0 Å². The summed E-state index contributed by atoms with van der Waals surface area (Å²) in [6.45, 7) is 0. The molecule has 4 heteroatoms. The van der Waals surface area contributed by atoms with Gasteiger partial charge in [0.05, 0.1) is 22.2 Å². The molecule has 0 radical (unpaired) electrons. The molecule has 0 bridgehead atoms. The number of hydrogen-bond donors (Lipinski definition) is 0. The van der Waals surface area contributed by atoms with E-state index in [4.69, 9.17) is 9.97 Å². The molecular formula is C52H34N4. The van der Waals surface area contributed by atoms with Gasteiger partial charge in [0, 0.05) is 38.5 Å². The summed E-state index contributed by atoms with van der Waals surface area (Å²) < 4.78 is 2.31. The fraction of sp³-hybridized carbons (Fsp3) is 0. The zero-order valence-corrected chi connectivity index (χ0v) is 30.4. The number of benzene rings is 9. The van der Waals surface area contributed by atoms with E-state index in [1.54, 1.807) is 0 Å². The monoisotopic (exact) mass is 714 g/mol. The quantitative estimate of drug-likeness (QED) is 0.161. The molecule has 2 heterocycles. The van der Waals surface area contributed by atoms with Crippen LogP contribution in [0, 0.1) is 0 Å². The number of aromatic nitrogens is 3. The molecule has 4 nitrogen and oxygen atoms in total. The summed E-state index contributed by atoms with van der Waals surface area (Å²) in [5.41, 5.74) is 9.80. The summed E-state index contributed by atoms with van der Waals surface area (Å²) in [6.07, 6.45) is 0. The average Bonchev–Trinajstić information content (AvgIpc) is 3.60. The third kappa shape index (κ3) is 5.23. The van der Waals surface area contributed by atoms with Crippen LogP contribution in [0.5, 0.6) is 0 Å². The highest BCUT2D eigenvalue weighted by molar-refractivity contribution is 6.15. The van der Waals surface area contributed by atoms with Crippen molar-refractivity contribution in [1.82, 2.24) is 14.5 Å². The standard InChI is InChI=1S/C52H34N4/c1-3-15-36(16-4-1)51-53-47-25-13-11-24-45(47)52(54-51)56-48-26-14-12-23-44(48)46-33-37(29-32-49(46)56)35-27-30-40(31-28-35)55(39-18-5-2-6-19-39)50-34-38-17-7-8-20-41(38)42-21-9-10-22-43(42)50/h1-34H. The van der Waals surface area contributed by atoms with E-state index < -0.39 is 0 Å². The summed E-state index contributed by atoms with van der Waals surface area (Å²) in [6, 6.07) is 73.4. The third-order valence-electron chi connectivity index (χ3n) is 11.0. The lowest BCUT2D eigenvalue weighted by Gasteiger charge is -2.27. The van der Waals surface area contributed by atoms with Crippen LogP contribution in [0.2, 0.25) is 0 Å². The Morgan fingerprint density at radius 1 is 0.357 bits per heavy atom. The maximum atomic E-state index is 5.25. The van der Waals surface area contributed by atoms with Crippen molar-refractivity contribution in [1.29, 1.82) is 0 Å². The fourth-order valence-corrected chi connectivity index (χ4v) is 8.35. The average molecular weight is 715 g/mol. The predicted molar refractivity (Wildman–Crippen MR) is 234 cm³/mol. The van der Waals surface area contributed by atoms with Gasteiger partial charge in [0.25, 0.3) is 0 Å². The van der Waals surface area contributed by atoms with E-state index in [-0.39, 0.29) is 0 Å². The number of fused-ring (bicyclic) bond motifs is 7. The molecule has 0 aliphatic carbocycles. The first-order valence-electron chi connectivity index (χ1n) is 19.0. The molecule has 11 rings (SSSR count). The number of rotatable bonds is 6. The molecule has 0 N–H and O–H groups in total. The lowest BCUT2D eigenvalue weighted by molar-refractivity contribution is 1.08. The van der Waals surface area contributed by atoms with Crippen LogP contribution >= 0.6 is 0 Å². The predicted octanol–water partition coefficient (Wildman–Crippen LogP) is 13.8. The van der Waals surface area contributed by atoms with Gasteiger partial charge in [-0.1, -0.05) is 146 Å². The van der Waals surface area contributed by atoms with Gasteiger partial charge in [0.1, 0.15) is 5.82 Å². The molecule has 0 spiro atoms. The van der Waals surface area contributed by atoms with Gasteiger partial charge in [0.15, 0.2) is 5.82 Å². The van der Waals surface area contributed by atoms with Crippen molar-refractivity contribution in [3.8, 4) is 28.3 Å². The highest BCUT2D eigenvalue weighted by Crippen LogP contribution is 2.43. The first-order valence-corrected chi connectivity index (χ1v) is 19.0. The van der Waals surface area contributed by atoms with Crippen LogP contribution in [0.25, 0.3) is 82.6 Å². The highest BCUT2D eigenvalue weighted by atomic mass is 15.1.